The van der Waals surface area contributed by atoms with Gasteiger partial charge >= 0.3 is 0 Å². The maximum Gasteiger partial charge on any atom is 0.174 e. The Morgan fingerprint density at radius 2 is 2.36 bits per heavy atom. The molecule has 0 amide bonds. The topological polar surface area (TPSA) is 29.1 Å². The summed E-state index contributed by atoms with van der Waals surface area (Å²) in [5, 5.41) is 3.34. The SMILES string of the molecule is O=C(CCNC1CC1)c1ccc(Br)s1. The zero-order chi connectivity index (χ0) is 9.97. The summed E-state index contributed by atoms with van der Waals surface area (Å²) in [7, 11) is 0. The van der Waals surface area contributed by atoms with Gasteiger partial charge in [0.2, 0.25) is 0 Å². The van der Waals surface area contributed by atoms with E-state index in [2.05, 4.69) is 21.2 Å². The van der Waals surface area contributed by atoms with Crippen LogP contribution in [0.4, 0.5) is 0 Å². The summed E-state index contributed by atoms with van der Waals surface area (Å²) in [6.07, 6.45) is 3.17. The van der Waals surface area contributed by atoms with Crippen molar-refractivity contribution in [3.63, 3.8) is 0 Å². The Bertz CT molecular complexity index is 333. The average Bonchev–Trinajstić information content (AvgIpc) is 2.87. The summed E-state index contributed by atoms with van der Waals surface area (Å²) < 4.78 is 1.02. The van der Waals surface area contributed by atoms with E-state index in [0.29, 0.717) is 12.5 Å². The summed E-state index contributed by atoms with van der Waals surface area (Å²) in [6.45, 7) is 0.818. The number of carbonyl (C=O) groups excluding carboxylic acids is 1. The molecule has 1 fully saturated rings. The van der Waals surface area contributed by atoms with E-state index in [1.54, 1.807) is 0 Å². The molecule has 1 aromatic heterocycles. The van der Waals surface area contributed by atoms with Crippen LogP contribution >= 0.6 is 27.3 Å². The van der Waals surface area contributed by atoms with Crippen LogP contribution in [-0.4, -0.2) is 18.4 Å². The van der Waals surface area contributed by atoms with Gasteiger partial charge in [-0.1, -0.05) is 0 Å². The molecular formula is C10H12BrNOS. The minimum absolute atomic E-state index is 0.244. The number of hydrogen-bond donors (Lipinski definition) is 1. The minimum Gasteiger partial charge on any atom is -0.314 e. The van der Waals surface area contributed by atoms with E-state index in [-0.39, 0.29) is 5.78 Å². The highest BCUT2D eigenvalue weighted by molar-refractivity contribution is 9.11. The molecule has 2 nitrogen and oxygen atoms in total. The Kier molecular flexibility index (Phi) is 3.36. The molecule has 0 aromatic carbocycles. The lowest BCUT2D eigenvalue weighted by molar-refractivity contribution is 0.0986. The second-order valence-electron chi connectivity index (χ2n) is 3.51. The fourth-order valence-corrected chi connectivity index (χ4v) is 2.62. The summed E-state index contributed by atoms with van der Waals surface area (Å²) in [5.74, 6) is 0.244. The Balaban J connectivity index is 1.76. The number of hydrogen-bond acceptors (Lipinski definition) is 3. The summed E-state index contributed by atoms with van der Waals surface area (Å²) in [5.41, 5.74) is 0. The Hall–Kier alpha value is -0.190. The van der Waals surface area contributed by atoms with Crippen molar-refractivity contribution in [2.45, 2.75) is 25.3 Å². The van der Waals surface area contributed by atoms with Crippen molar-refractivity contribution in [1.82, 2.24) is 5.32 Å². The molecule has 1 aromatic rings. The van der Waals surface area contributed by atoms with E-state index in [4.69, 9.17) is 0 Å². The molecule has 1 aliphatic carbocycles. The minimum atomic E-state index is 0.244. The number of carbonyl (C=O) groups is 1. The van der Waals surface area contributed by atoms with Crippen LogP contribution in [0, 0.1) is 0 Å². The van der Waals surface area contributed by atoms with Gasteiger partial charge < -0.3 is 5.32 Å². The first kappa shape index (κ1) is 10.3. The highest BCUT2D eigenvalue weighted by Crippen LogP contribution is 2.23. The molecule has 0 spiro atoms. The molecule has 14 heavy (non-hydrogen) atoms. The largest absolute Gasteiger partial charge is 0.314 e. The van der Waals surface area contributed by atoms with Gasteiger partial charge in [0.1, 0.15) is 0 Å². The van der Waals surface area contributed by atoms with Crippen molar-refractivity contribution in [3.05, 3.63) is 20.8 Å². The number of Topliss-reactive ketones (excluding diaryl/α,β-unsaturated/α-hetero) is 1. The van der Waals surface area contributed by atoms with Crippen LogP contribution in [0.15, 0.2) is 15.9 Å². The van der Waals surface area contributed by atoms with Crippen LogP contribution in [0.2, 0.25) is 0 Å². The van der Waals surface area contributed by atoms with Gasteiger partial charge in [-0.15, -0.1) is 11.3 Å². The summed E-state index contributed by atoms with van der Waals surface area (Å²) in [6, 6.07) is 4.50. The van der Waals surface area contributed by atoms with Gasteiger partial charge in [-0.05, 0) is 40.9 Å². The first-order valence-corrected chi connectivity index (χ1v) is 6.38. The lowest BCUT2D eigenvalue weighted by Crippen LogP contribution is -2.19. The second kappa shape index (κ2) is 4.55. The normalized spacial score (nSPS) is 15.8. The predicted molar refractivity (Wildman–Crippen MR) is 62.0 cm³/mol. The van der Waals surface area contributed by atoms with Crippen LogP contribution in [-0.2, 0) is 0 Å². The molecule has 1 heterocycles. The lowest BCUT2D eigenvalue weighted by atomic mass is 10.2. The molecular weight excluding hydrogens is 262 g/mol. The van der Waals surface area contributed by atoms with E-state index in [9.17, 15) is 4.79 Å². The van der Waals surface area contributed by atoms with Gasteiger partial charge in [0.25, 0.3) is 0 Å². The van der Waals surface area contributed by atoms with Crippen molar-refractivity contribution in [2.24, 2.45) is 0 Å². The van der Waals surface area contributed by atoms with Crippen molar-refractivity contribution in [2.75, 3.05) is 6.54 Å². The predicted octanol–water partition coefficient (Wildman–Crippen LogP) is 2.84. The zero-order valence-electron chi connectivity index (χ0n) is 7.75. The summed E-state index contributed by atoms with van der Waals surface area (Å²) in [4.78, 5) is 12.5. The molecule has 1 N–H and O–H groups in total. The molecule has 0 bridgehead atoms. The van der Waals surface area contributed by atoms with Crippen LogP contribution in [0.3, 0.4) is 0 Å². The maximum absolute atomic E-state index is 11.6. The molecule has 1 aliphatic rings. The molecule has 4 heteroatoms. The smallest absolute Gasteiger partial charge is 0.174 e. The van der Waals surface area contributed by atoms with Gasteiger partial charge in [-0.2, -0.15) is 0 Å². The fourth-order valence-electron chi connectivity index (χ4n) is 1.26. The average molecular weight is 274 g/mol. The van der Waals surface area contributed by atoms with Gasteiger partial charge in [-0.25, -0.2) is 0 Å². The third-order valence-electron chi connectivity index (χ3n) is 2.21. The lowest BCUT2D eigenvalue weighted by Gasteiger charge is -1.99. The molecule has 0 saturated heterocycles. The van der Waals surface area contributed by atoms with Gasteiger partial charge in [0.05, 0.1) is 8.66 Å². The van der Waals surface area contributed by atoms with Gasteiger partial charge in [-0.3, -0.25) is 4.79 Å². The van der Waals surface area contributed by atoms with Gasteiger partial charge in [0.15, 0.2) is 5.78 Å². The first-order valence-electron chi connectivity index (χ1n) is 4.77. The third kappa shape index (κ3) is 2.90. The van der Waals surface area contributed by atoms with Gasteiger partial charge in [0, 0.05) is 19.0 Å². The molecule has 76 valence electrons. The molecule has 2 rings (SSSR count). The molecule has 0 radical (unpaired) electrons. The number of thiophene rings is 1. The van der Waals surface area contributed by atoms with E-state index < -0.39 is 0 Å². The van der Waals surface area contributed by atoms with Crippen molar-refractivity contribution in [1.29, 1.82) is 0 Å². The summed E-state index contributed by atoms with van der Waals surface area (Å²) >= 11 is 4.86. The van der Waals surface area contributed by atoms with Crippen molar-refractivity contribution in [3.8, 4) is 0 Å². The highest BCUT2D eigenvalue weighted by atomic mass is 79.9. The molecule has 0 atom stereocenters. The van der Waals surface area contributed by atoms with E-state index >= 15 is 0 Å². The quantitative estimate of drug-likeness (QED) is 0.836. The Morgan fingerprint density at radius 3 is 2.93 bits per heavy atom. The standard InChI is InChI=1S/C10H12BrNOS/c11-10-4-3-9(14-10)8(13)5-6-12-7-1-2-7/h3-4,7,12H,1-2,5-6H2. The maximum atomic E-state index is 11.6. The molecule has 0 aliphatic heterocycles. The van der Waals surface area contributed by atoms with E-state index in [1.165, 1.54) is 24.2 Å². The van der Waals surface area contributed by atoms with Crippen molar-refractivity contribution >= 4 is 33.0 Å². The van der Waals surface area contributed by atoms with Crippen LogP contribution in [0.1, 0.15) is 28.9 Å². The number of rotatable bonds is 5. The van der Waals surface area contributed by atoms with E-state index in [0.717, 1.165) is 15.2 Å². The number of nitrogens with one attached hydrogen (secondary N) is 1. The van der Waals surface area contributed by atoms with Crippen LogP contribution in [0.25, 0.3) is 0 Å². The van der Waals surface area contributed by atoms with Crippen molar-refractivity contribution < 1.29 is 4.79 Å². The number of halogens is 1. The van der Waals surface area contributed by atoms with Crippen LogP contribution < -0.4 is 5.32 Å². The molecule has 0 unspecified atom stereocenters. The monoisotopic (exact) mass is 273 g/mol. The Morgan fingerprint density at radius 1 is 1.57 bits per heavy atom. The second-order valence-corrected chi connectivity index (χ2v) is 5.97. The number of ketones is 1. The zero-order valence-corrected chi connectivity index (χ0v) is 10.2. The van der Waals surface area contributed by atoms with Crippen LogP contribution in [0.5, 0.6) is 0 Å². The first-order chi connectivity index (χ1) is 6.75. The third-order valence-corrected chi connectivity index (χ3v) is 3.88. The fraction of sp³-hybridized carbons (Fsp3) is 0.500. The highest BCUT2D eigenvalue weighted by Gasteiger charge is 2.20. The Labute approximate surface area is 95.8 Å². The molecule has 1 saturated carbocycles. The van der Waals surface area contributed by atoms with E-state index in [1.807, 2.05) is 12.1 Å².